The molecule has 0 fully saturated rings. The van der Waals surface area contributed by atoms with Gasteiger partial charge in [-0.1, -0.05) is 49.6 Å². The van der Waals surface area contributed by atoms with Crippen molar-refractivity contribution >= 4 is 28.2 Å². The van der Waals surface area contributed by atoms with Crippen molar-refractivity contribution in [3.63, 3.8) is 0 Å². The summed E-state index contributed by atoms with van der Waals surface area (Å²) in [4.78, 5) is 0. The number of fused-ring (bicyclic) bond motifs is 1. The average molecular weight is 263 g/mol. The molecule has 2 aromatic rings. The molecule has 1 aromatic heterocycles. The summed E-state index contributed by atoms with van der Waals surface area (Å²) in [5.41, 5.74) is 2.25. The molecule has 0 unspecified atom stereocenters. The van der Waals surface area contributed by atoms with E-state index < -0.39 is 0 Å². The van der Waals surface area contributed by atoms with Crippen molar-refractivity contribution in [1.29, 1.82) is 0 Å². The molecule has 0 aliphatic carbocycles. The molecule has 0 saturated carbocycles. The summed E-state index contributed by atoms with van der Waals surface area (Å²) in [5.74, 6) is 0. The summed E-state index contributed by atoms with van der Waals surface area (Å²) in [6, 6.07) is 5.93. The first kappa shape index (κ1) is 13.2. The van der Waals surface area contributed by atoms with E-state index in [-0.39, 0.29) is 0 Å². The Kier molecular flexibility index (Phi) is 4.43. The molecule has 2 nitrogen and oxygen atoms in total. The monoisotopic (exact) mass is 262 g/mol. The maximum atomic E-state index is 6.28. The highest BCUT2D eigenvalue weighted by Crippen LogP contribution is 2.27. The lowest BCUT2D eigenvalue weighted by Gasteiger charge is -2.09. The van der Waals surface area contributed by atoms with E-state index in [9.17, 15) is 0 Å². The number of benzene rings is 1. The molecule has 1 aromatic carbocycles. The van der Waals surface area contributed by atoms with Gasteiger partial charge in [0.1, 0.15) is 0 Å². The Bertz CT molecular complexity index is 555. The average Bonchev–Trinajstić information content (AvgIpc) is 2.80. The zero-order valence-corrected chi connectivity index (χ0v) is 11.7. The molecule has 0 aliphatic heterocycles. The van der Waals surface area contributed by atoms with E-state index in [1.165, 1.54) is 25.0 Å². The Balaban J connectivity index is 2.34. The van der Waals surface area contributed by atoms with E-state index in [1.54, 1.807) is 0 Å². The number of aromatic nitrogens is 2. The van der Waals surface area contributed by atoms with Gasteiger partial charge in [-0.25, -0.2) is 4.68 Å². The van der Waals surface area contributed by atoms with Gasteiger partial charge in [-0.05, 0) is 25.8 Å². The van der Waals surface area contributed by atoms with Crippen molar-refractivity contribution in [3.05, 3.63) is 35.5 Å². The number of unbranched alkanes of at least 4 members (excludes halogenated alkanes) is 2. The Morgan fingerprint density at radius 2 is 2.22 bits per heavy atom. The van der Waals surface area contributed by atoms with E-state index in [0.717, 1.165) is 22.3 Å². The number of hydrogen-bond acceptors (Lipinski definition) is 1. The quantitative estimate of drug-likeness (QED) is 0.683. The van der Waals surface area contributed by atoms with Crippen molar-refractivity contribution in [3.8, 4) is 0 Å². The summed E-state index contributed by atoms with van der Waals surface area (Å²) in [6.07, 6.45) is 8.74. The molecule has 3 heteroatoms. The summed E-state index contributed by atoms with van der Waals surface area (Å²) < 4.78 is 1.98. The van der Waals surface area contributed by atoms with Gasteiger partial charge in [0.2, 0.25) is 0 Å². The third-order valence-electron chi connectivity index (χ3n) is 3.18. The van der Waals surface area contributed by atoms with E-state index in [0.29, 0.717) is 0 Å². The standard InChI is InChI=1S/C15H19ClN2/c1-3-5-6-9-13(4-2)18-15-12(11-17-18)8-7-10-14(15)16/h4,7-8,10-11H,3,5-6,9H2,1-2H3. The molecule has 18 heavy (non-hydrogen) atoms. The third-order valence-corrected chi connectivity index (χ3v) is 3.49. The Morgan fingerprint density at radius 1 is 1.39 bits per heavy atom. The first-order valence-electron chi connectivity index (χ1n) is 6.55. The maximum Gasteiger partial charge on any atom is 0.0923 e. The van der Waals surface area contributed by atoms with Crippen molar-refractivity contribution in [2.24, 2.45) is 0 Å². The van der Waals surface area contributed by atoms with E-state index in [4.69, 9.17) is 11.6 Å². The number of rotatable bonds is 5. The first-order valence-corrected chi connectivity index (χ1v) is 6.93. The van der Waals surface area contributed by atoms with Gasteiger partial charge >= 0.3 is 0 Å². The molecule has 0 atom stereocenters. The molecule has 0 saturated heterocycles. The second-order valence-corrected chi connectivity index (χ2v) is 4.88. The van der Waals surface area contributed by atoms with Crippen LogP contribution in [0.4, 0.5) is 0 Å². The molecule has 0 radical (unpaired) electrons. The molecular formula is C15H19ClN2. The highest BCUT2D eigenvalue weighted by Gasteiger charge is 2.09. The van der Waals surface area contributed by atoms with Crippen molar-refractivity contribution in [1.82, 2.24) is 9.78 Å². The van der Waals surface area contributed by atoms with Gasteiger partial charge in [-0.3, -0.25) is 0 Å². The lowest BCUT2D eigenvalue weighted by molar-refractivity contribution is 0.713. The first-order chi connectivity index (χ1) is 8.77. The fraction of sp³-hybridized carbons (Fsp3) is 0.400. The van der Waals surface area contributed by atoms with Gasteiger partial charge in [0.15, 0.2) is 0 Å². The van der Waals surface area contributed by atoms with Crippen molar-refractivity contribution in [2.75, 3.05) is 0 Å². The number of allylic oxidation sites excluding steroid dienone is 2. The molecule has 0 spiro atoms. The molecule has 1 heterocycles. The van der Waals surface area contributed by atoms with Crippen LogP contribution in [-0.2, 0) is 0 Å². The maximum absolute atomic E-state index is 6.28. The van der Waals surface area contributed by atoms with Crippen LogP contribution in [0.1, 0.15) is 39.5 Å². The molecule has 2 rings (SSSR count). The SMILES string of the molecule is CC=C(CCCCC)n1ncc2cccc(Cl)c21. The minimum Gasteiger partial charge on any atom is -0.236 e. The van der Waals surface area contributed by atoms with Crippen LogP contribution < -0.4 is 0 Å². The fourth-order valence-corrected chi connectivity index (χ4v) is 2.45. The largest absolute Gasteiger partial charge is 0.236 e. The molecular weight excluding hydrogens is 244 g/mol. The van der Waals surface area contributed by atoms with E-state index in [1.807, 2.05) is 29.1 Å². The van der Waals surface area contributed by atoms with Gasteiger partial charge in [-0.2, -0.15) is 5.10 Å². The van der Waals surface area contributed by atoms with Crippen LogP contribution in [0, 0.1) is 0 Å². The summed E-state index contributed by atoms with van der Waals surface area (Å²) >= 11 is 6.28. The second kappa shape index (κ2) is 6.05. The summed E-state index contributed by atoms with van der Waals surface area (Å²) in [5, 5.41) is 6.33. The predicted octanol–water partition coefficient (Wildman–Crippen LogP) is 5.13. The minimum absolute atomic E-state index is 0.764. The minimum atomic E-state index is 0.764. The van der Waals surface area contributed by atoms with Crippen LogP contribution in [0.2, 0.25) is 5.02 Å². The fourth-order valence-electron chi connectivity index (χ4n) is 2.18. The molecule has 0 bridgehead atoms. The lowest BCUT2D eigenvalue weighted by Crippen LogP contribution is -1.99. The molecule has 0 N–H and O–H groups in total. The van der Waals surface area contributed by atoms with Gasteiger partial charge in [0.25, 0.3) is 0 Å². The topological polar surface area (TPSA) is 17.8 Å². The zero-order chi connectivity index (χ0) is 13.0. The normalized spacial score (nSPS) is 12.3. The number of nitrogens with zero attached hydrogens (tertiary/aromatic N) is 2. The number of halogens is 1. The van der Waals surface area contributed by atoms with Crippen LogP contribution in [0.15, 0.2) is 30.5 Å². The van der Waals surface area contributed by atoms with Gasteiger partial charge in [0.05, 0.1) is 16.7 Å². The molecule has 0 aliphatic rings. The lowest BCUT2D eigenvalue weighted by atomic mass is 10.1. The number of hydrogen-bond donors (Lipinski definition) is 0. The Morgan fingerprint density at radius 3 is 2.94 bits per heavy atom. The van der Waals surface area contributed by atoms with Crippen LogP contribution >= 0.6 is 11.6 Å². The van der Waals surface area contributed by atoms with E-state index >= 15 is 0 Å². The van der Waals surface area contributed by atoms with Gasteiger partial charge in [-0.15, -0.1) is 0 Å². The summed E-state index contributed by atoms with van der Waals surface area (Å²) in [7, 11) is 0. The predicted molar refractivity (Wildman–Crippen MR) is 78.8 cm³/mol. The molecule has 96 valence electrons. The highest BCUT2D eigenvalue weighted by atomic mass is 35.5. The van der Waals surface area contributed by atoms with Crippen LogP contribution in [0.5, 0.6) is 0 Å². The number of para-hydroxylation sites is 1. The van der Waals surface area contributed by atoms with Crippen LogP contribution in [0.3, 0.4) is 0 Å². The second-order valence-electron chi connectivity index (χ2n) is 4.47. The molecule has 0 amide bonds. The smallest absolute Gasteiger partial charge is 0.0923 e. The summed E-state index contributed by atoms with van der Waals surface area (Å²) in [6.45, 7) is 4.28. The highest BCUT2D eigenvalue weighted by molar-refractivity contribution is 6.35. The Labute approximate surface area is 113 Å². The van der Waals surface area contributed by atoms with Crippen LogP contribution in [0.25, 0.3) is 16.6 Å². The third kappa shape index (κ3) is 2.59. The van der Waals surface area contributed by atoms with Gasteiger partial charge < -0.3 is 0 Å². The van der Waals surface area contributed by atoms with Crippen LogP contribution in [-0.4, -0.2) is 9.78 Å². The van der Waals surface area contributed by atoms with Crippen molar-refractivity contribution in [2.45, 2.75) is 39.5 Å². The Hall–Kier alpha value is -1.28. The van der Waals surface area contributed by atoms with Crippen molar-refractivity contribution < 1.29 is 0 Å². The van der Waals surface area contributed by atoms with E-state index in [2.05, 4.69) is 25.0 Å². The zero-order valence-electron chi connectivity index (χ0n) is 11.0. The van der Waals surface area contributed by atoms with Gasteiger partial charge in [0, 0.05) is 11.1 Å².